The summed E-state index contributed by atoms with van der Waals surface area (Å²) < 4.78 is 2.04. The van der Waals surface area contributed by atoms with E-state index in [1.807, 2.05) is 47.3 Å². The van der Waals surface area contributed by atoms with Crippen LogP contribution < -0.4 is 10.9 Å². The first kappa shape index (κ1) is 18.1. The van der Waals surface area contributed by atoms with Crippen LogP contribution in [0.2, 0.25) is 0 Å². The van der Waals surface area contributed by atoms with Crippen LogP contribution in [0.25, 0.3) is 16.8 Å². The summed E-state index contributed by atoms with van der Waals surface area (Å²) in [6.45, 7) is 1.26. The Balaban J connectivity index is 1.84. The number of alkyl halides is 2. The highest BCUT2D eigenvalue weighted by Crippen LogP contribution is 2.23. The zero-order valence-electron chi connectivity index (χ0n) is 14.4. The Bertz CT molecular complexity index is 1030. The van der Waals surface area contributed by atoms with Gasteiger partial charge in [0.1, 0.15) is 0 Å². The quantitative estimate of drug-likeness (QED) is 0.565. The molecule has 4 rings (SSSR count). The number of aromatic nitrogens is 3. The molecular formula is C20H17Br2N5. The zero-order chi connectivity index (χ0) is 18.6. The summed E-state index contributed by atoms with van der Waals surface area (Å²) in [5, 5.41) is 0. The number of rotatable bonds is 4. The van der Waals surface area contributed by atoms with Crippen molar-refractivity contribution in [2.45, 2.75) is 10.3 Å². The van der Waals surface area contributed by atoms with E-state index in [-0.39, 0.29) is 3.74 Å². The SMILES string of the molecule is BrC(Br)C=C1CNn2c1nc(-c1ccccc1)cc2=NCc1cccnc1. The van der Waals surface area contributed by atoms with Crippen LogP contribution in [0.5, 0.6) is 0 Å². The van der Waals surface area contributed by atoms with Crippen molar-refractivity contribution >= 4 is 37.4 Å². The summed E-state index contributed by atoms with van der Waals surface area (Å²) in [6, 6.07) is 16.1. The van der Waals surface area contributed by atoms with Gasteiger partial charge in [0.2, 0.25) is 0 Å². The molecule has 0 spiro atoms. The van der Waals surface area contributed by atoms with Gasteiger partial charge in [-0.15, -0.1) is 0 Å². The normalized spacial score (nSPS) is 15.2. The second-order valence-electron chi connectivity index (χ2n) is 6.06. The van der Waals surface area contributed by atoms with Crippen molar-refractivity contribution in [3.63, 3.8) is 0 Å². The molecule has 3 heterocycles. The minimum Gasteiger partial charge on any atom is -0.318 e. The number of nitrogens with zero attached hydrogens (tertiary/aromatic N) is 4. The first-order chi connectivity index (χ1) is 13.2. The van der Waals surface area contributed by atoms with E-state index >= 15 is 0 Å². The standard InChI is InChI=1S/C20H17Br2N5/c21-18(22)9-16-13-25-27-19(24-12-14-5-4-8-23-11-14)10-17(26-20(16)27)15-6-2-1-3-7-15/h1-11,18,25H,12-13H2. The molecule has 1 N–H and O–H groups in total. The number of fused-ring (bicyclic) bond motifs is 1. The molecule has 0 aliphatic carbocycles. The molecule has 0 unspecified atom stereocenters. The van der Waals surface area contributed by atoms with Gasteiger partial charge < -0.3 is 5.43 Å². The van der Waals surface area contributed by atoms with E-state index in [9.17, 15) is 0 Å². The minimum absolute atomic E-state index is 0.0892. The number of halogens is 2. The minimum atomic E-state index is 0.0892. The molecule has 0 radical (unpaired) electrons. The lowest BCUT2D eigenvalue weighted by molar-refractivity contribution is 0.797. The third kappa shape index (κ3) is 4.20. The summed E-state index contributed by atoms with van der Waals surface area (Å²) in [7, 11) is 0. The number of pyridine rings is 1. The van der Waals surface area contributed by atoms with Crippen molar-refractivity contribution < 1.29 is 0 Å². The fraction of sp³-hybridized carbons (Fsp3) is 0.150. The van der Waals surface area contributed by atoms with Gasteiger partial charge in [-0.05, 0) is 11.6 Å². The second kappa shape index (κ2) is 8.19. The van der Waals surface area contributed by atoms with Gasteiger partial charge in [-0.1, -0.05) is 74.3 Å². The van der Waals surface area contributed by atoms with E-state index in [4.69, 9.17) is 9.98 Å². The molecule has 0 atom stereocenters. The number of hydrogen-bond donors (Lipinski definition) is 1. The zero-order valence-corrected chi connectivity index (χ0v) is 17.6. The van der Waals surface area contributed by atoms with E-state index in [1.165, 1.54) is 0 Å². The Morgan fingerprint density at radius 3 is 2.78 bits per heavy atom. The van der Waals surface area contributed by atoms with E-state index in [0.717, 1.165) is 33.7 Å². The van der Waals surface area contributed by atoms with Gasteiger partial charge >= 0.3 is 0 Å². The number of nitrogens with one attached hydrogen (secondary N) is 1. The van der Waals surface area contributed by atoms with Gasteiger partial charge in [0.15, 0.2) is 11.3 Å². The van der Waals surface area contributed by atoms with Crippen LogP contribution in [-0.4, -0.2) is 24.9 Å². The molecule has 0 bridgehead atoms. The van der Waals surface area contributed by atoms with Crippen molar-refractivity contribution in [2.75, 3.05) is 12.0 Å². The van der Waals surface area contributed by atoms with Crippen molar-refractivity contribution in [1.82, 2.24) is 14.6 Å². The maximum absolute atomic E-state index is 4.89. The first-order valence-corrected chi connectivity index (χ1v) is 10.4. The third-order valence-electron chi connectivity index (χ3n) is 4.19. The lowest BCUT2D eigenvalue weighted by atomic mass is 10.1. The second-order valence-corrected chi connectivity index (χ2v) is 9.27. The third-order valence-corrected chi connectivity index (χ3v) is 4.72. The molecular weight excluding hydrogens is 470 g/mol. The van der Waals surface area contributed by atoms with Crippen molar-refractivity contribution in [3.05, 3.63) is 83.9 Å². The largest absolute Gasteiger partial charge is 0.318 e. The number of allylic oxidation sites excluding steroid dienone is 1. The Labute approximate surface area is 174 Å². The van der Waals surface area contributed by atoms with Gasteiger partial charge in [0.25, 0.3) is 0 Å². The average molecular weight is 487 g/mol. The van der Waals surface area contributed by atoms with Crippen molar-refractivity contribution in [2.24, 2.45) is 4.99 Å². The lowest BCUT2D eigenvalue weighted by Crippen LogP contribution is -2.28. The maximum atomic E-state index is 4.89. The smallest absolute Gasteiger partial charge is 0.158 e. The molecule has 5 nitrogen and oxygen atoms in total. The van der Waals surface area contributed by atoms with Crippen molar-refractivity contribution in [1.29, 1.82) is 0 Å². The molecule has 7 heteroatoms. The van der Waals surface area contributed by atoms with Gasteiger partial charge in [0.05, 0.1) is 22.5 Å². The highest BCUT2D eigenvalue weighted by atomic mass is 79.9. The van der Waals surface area contributed by atoms with E-state index < -0.39 is 0 Å². The van der Waals surface area contributed by atoms with Crippen LogP contribution in [0.15, 0.2) is 72.0 Å². The highest BCUT2D eigenvalue weighted by molar-refractivity contribution is 9.24. The molecule has 0 saturated carbocycles. The number of benzene rings is 1. The Morgan fingerprint density at radius 2 is 2.04 bits per heavy atom. The summed E-state index contributed by atoms with van der Waals surface area (Å²) in [4.78, 5) is 13.9. The summed E-state index contributed by atoms with van der Waals surface area (Å²) in [5.74, 6) is 0.880. The van der Waals surface area contributed by atoms with E-state index in [1.54, 1.807) is 6.20 Å². The van der Waals surface area contributed by atoms with Crippen LogP contribution >= 0.6 is 31.9 Å². The maximum Gasteiger partial charge on any atom is 0.158 e. The van der Waals surface area contributed by atoms with E-state index in [0.29, 0.717) is 13.1 Å². The van der Waals surface area contributed by atoms with Crippen LogP contribution in [0.1, 0.15) is 11.4 Å². The summed E-state index contributed by atoms with van der Waals surface area (Å²) in [5.41, 5.74) is 8.37. The predicted octanol–water partition coefficient (Wildman–Crippen LogP) is 4.10. The Hall–Kier alpha value is -2.25. The first-order valence-electron chi connectivity index (χ1n) is 8.53. The molecule has 136 valence electrons. The molecule has 27 heavy (non-hydrogen) atoms. The predicted molar refractivity (Wildman–Crippen MR) is 115 cm³/mol. The highest BCUT2D eigenvalue weighted by Gasteiger charge is 2.19. The Morgan fingerprint density at radius 1 is 1.19 bits per heavy atom. The van der Waals surface area contributed by atoms with Gasteiger partial charge in [0, 0.05) is 29.6 Å². The fourth-order valence-corrected chi connectivity index (χ4v) is 3.57. The summed E-state index contributed by atoms with van der Waals surface area (Å²) in [6.07, 6.45) is 5.71. The molecule has 0 fully saturated rings. The molecule has 0 amide bonds. The topological polar surface area (TPSA) is 55.1 Å². The van der Waals surface area contributed by atoms with E-state index in [2.05, 4.69) is 60.5 Å². The average Bonchev–Trinajstić information content (AvgIpc) is 3.10. The Kier molecular flexibility index (Phi) is 5.50. The number of hydrogen-bond acceptors (Lipinski definition) is 4. The van der Waals surface area contributed by atoms with Crippen LogP contribution in [0, 0.1) is 0 Å². The van der Waals surface area contributed by atoms with Gasteiger partial charge in [-0.2, -0.15) is 0 Å². The molecule has 2 aromatic heterocycles. The van der Waals surface area contributed by atoms with Crippen LogP contribution in [0.3, 0.4) is 0 Å². The van der Waals surface area contributed by atoms with Gasteiger partial charge in [-0.25, -0.2) is 9.66 Å². The fourth-order valence-electron chi connectivity index (χ4n) is 2.93. The molecule has 3 aromatic rings. The van der Waals surface area contributed by atoms with Crippen LogP contribution in [-0.2, 0) is 6.54 Å². The molecule has 1 aromatic carbocycles. The lowest BCUT2D eigenvalue weighted by Gasteiger charge is -2.09. The van der Waals surface area contributed by atoms with Gasteiger partial charge in [-0.3, -0.25) is 9.98 Å². The van der Waals surface area contributed by atoms with Crippen molar-refractivity contribution in [3.8, 4) is 11.3 Å². The van der Waals surface area contributed by atoms with Crippen LogP contribution in [0.4, 0.5) is 0 Å². The monoisotopic (exact) mass is 485 g/mol. The summed E-state index contributed by atoms with van der Waals surface area (Å²) >= 11 is 7.05. The molecule has 1 aliphatic rings. The molecule has 0 saturated heterocycles. The molecule has 1 aliphatic heterocycles.